The fourth-order valence-corrected chi connectivity index (χ4v) is 2.68. The predicted octanol–water partition coefficient (Wildman–Crippen LogP) is 3.54. The third-order valence-electron chi connectivity index (χ3n) is 2.38. The van der Waals surface area contributed by atoms with Crippen LogP contribution in [0.4, 0.5) is 0 Å². The van der Waals surface area contributed by atoms with Crippen LogP contribution >= 0.6 is 0 Å². The van der Waals surface area contributed by atoms with Gasteiger partial charge in [0.2, 0.25) is 0 Å². The van der Waals surface area contributed by atoms with Crippen LogP contribution in [0.5, 0.6) is 5.75 Å². The van der Waals surface area contributed by atoms with Crippen molar-refractivity contribution in [2.45, 2.75) is 32.1 Å². The molecule has 0 fully saturated rings. The number of aliphatic imine (C=N–C) groups is 1. The quantitative estimate of drug-likeness (QED) is 0.472. The van der Waals surface area contributed by atoms with Crippen molar-refractivity contribution in [3.63, 3.8) is 0 Å². The molecule has 0 aromatic heterocycles. The molecule has 0 saturated carbocycles. The van der Waals surface area contributed by atoms with Crippen LogP contribution in [0.2, 0.25) is 25.7 Å². The van der Waals surface area contributed by atoms with Gasteiger partial charge in [-0.2, -0.15) is 0 Å². The Balaban J connectivity index is 2.36. The lowest BCUT2D eigenvalue weighted by Crippen LogP contribution is -2.19. The van der Waals surface area contributed by atoms with Gasteiger partial charge in [-0.25, -0.2) is 0 Å². The molecular formula is C13H21NOSi. The van der Waals surface area contributed by atoms with E-state index in [2.05, 4.69) is 24.6 Å². The highest BCUT2D eigenvalue weighted by Gasteiger charge is 2.10. The summed E-state index contributed by atoms with van der Waals surface area (Å²) in [7, 11) is -0.921. The lowest BCUT2D eigenvalue weighted by atomic mass is 10.2. The van der Waals surface area contributed by atoms with Crippen LogP contribution < -0.4 is 0 Å². The van der Waals surface area contributed by atoms with Crippen molar-refractivity contribution < 1.29 is 5.11 Å². The van der Waals surface area contributed by atoms with E-state index < -0.39 is 8.07 Å². The molecule has 0 amide bonds. The summed E-state index contributed by atoms with van der Waals surface area (Å²) in [6.07, 6.45) is 2.92. The zero-order valence-corrected chi connectivity index (χ0v) is 11.4. The Kier molecular flexibility index (Phi) is 4.74. The number of para-hydroxylation sites is 1. The van der Waals surface area contributed by atoms with Crippen molar-refractivity contribution in [1.29, 1.82) is 0 Å². The van der Waals surface area contributed by atoms with Crippen molar-refractivity contribution in [3.8, 4) is 5.75 Å². The number of aromatic hydroxyl groups is 1. The summed E-state index contributed by atoms with van der Waals surface area (Å²) in [4.78, 5) is 4.34. The lowest BCUT2D eigenvalue weighted by Gasteiger charge is -2.13. The minimum absolute atomic E-state index is 0.302. The molecule has 0 atom stereocenters. The fourth-order valence-electron chi connectivity index (χ4n) is 1.46. The van der Waals surface area contributed by atoms with Crippen LogP contribution in [0.1, 0.15) is 12.0 Å². The van der Waals surface area contributed by atoms with E-state index in [-0.39, 0.29) is 0 Å². The van der Waals surface area contributed by atoms with E-state index in [4.69, 9.17) is 0 Å². The standard InChI is InChI=1S/C13H21NOSi/c1-16(2,3)10-6-9-14-11-12-7-4-5-8-13(12)15/h4-5,7-8,11,15H,6,9-10H2,1-3H3. The minimum atomic E-state index is -0.921. The topological polar surface area (TPSA) is 32.6 Å². The molecule has 88 valence electrons. The predicted molar refractivity (Wildman–Crippen MR) is 73.3 cm³/mol. The van der Waals surface area contributed by atoms with Gasteiger partial charge in [-0.3, -0.25) is 4.99 Å². The molecule has 0 heterocycles. The van der Waals surface area contributed by atoms with Gasteiger partial charge in [-0.1, -0.05) is 37.8 Å². The first-order valence-electron chi connectivity index (χ1n) is 5.77. The van der Waals surface area contributed by atoms with Crippen LogP contribution in [-0.2, 0) is 0 Å². The third kappa shape index (κ3) is 5.12. The Labute approximate surface area is 99.1 Å². The molecule has 1 N–H and O–H groups in total. The molecule has 1 aromatic carbocycles. The number of benzene rings is 1. The molecule has 1 rings (SSSR count). The summed E-state index contributed by atoms with van der Waals surface area (Å²) >= 11 is 0. The van der Waals surface area contributed by atoms with Crippen molar-refractivity contribution in [3.05, 3.63) is 29.8 Å². The van der Waals surface area contributed by atoms with E-state index in [0.29, 0.717) is 5.75 Å². The summed E-state index contributed by atoms with van der Waals surface area (Å²) < 4.78 is 0. The maximum Gasteiger partial charge on any atom is 0.124 e. The lowest BCUT2D eigenvalue weighted by molar-refractivity contribution is 0.474. The highest BCUT2D eigenvalue weighted by molar-refractivity contribution is 6.76. The smallest absolute Gasteiger partial charge is 0.124 e. The van der Waals surface area contributed by atoms with Gasteiger partial charge in [0.25, 0.3) is 0 Å². The van der Waals surface area contributed by atoms with E-state index >= 15 is 0 Å². The van der Waals surface area contributed by atoms with Gasteiger partial charge in [0.05, 0.1) is 0 Å². The maximum atomic E-state index is 9.51. The number of phenolic OH excluding ortho intramolecular Hbond substituents is 1. The highest BCUT2D eigenvalue weighted by Crippen LogP contribution is 2.13. The minimum Gasteiger partial charge on any atom is -0.507 e. The zero-order chi connectivity index (χ0) is 12.0. The number of hydrogen-bond donors (Lipinski definition) is 1. The van der Waals surface area contributed by atoms with Gasteiger partial charge >= 0.3 is 0 Å². The van der Waals surface area contributed by atoms with Gasteiger partial charge in [-0.05, 0) is 18.6 Å². The van der Waals surface area contributed by atoms with Crippen LogP contribution in [0.3, 0.4) is 0 Å². The number of rotatable bonds is 5. The number of nitrogens with zero attached hydrogens (tertiary/aromatic N) is 1. The van der Waals surface area contributed by atoms with Gasteiger partial charge in [0.1, 0.15) is 5.75 Å². The molecule has 0 radical (unpaired) electrons. The average Bonchev–Trinajstić information content (AvgIpc) is 2.18. The van der Waals surface area contributed by atoms with Crippen molar-refractivity contribution >= 4 is 14.3 Å². The SMILES string of the molecule is C[Si](C)(C)CCCN=Cc1ccccc1O. The van der Waals surface area contributed by atoms with E-state index in [1.807, 2.05) is 18.2 Å². The summed E-state index contributed by atoms with van der Waals surface area (Å²) in [5, 5.41) is 9.51. The molecule has 2 nitrogen and oxygen atoms in total. The third-order valence-corrected chi connectivity index (χ3v) is 4.23. The van der Waals surface area contributed by atoms with Crippen LogP contribution in [0.25, 0.3) is 0 Å². The normalized spacial score (nSPS) is 12.2. The molecule has 0 unspecified atom stereocenters. The largest absolute Gasteiger partial charge is 0.507 e. The molecule has 16 heavy (non-hydrogen) atoms. The van der Waals surface area contributed by atoms with E-state index in [9.17, 15) is 5.11 Å². The Morgan fingerprint density at radius 1 is 1.25 bits per heavy atom. The Morgan fingerprint density at radius 2 is 1.94 bits per heavy atom. The molecule has 0 spiro atoms. The first-order chi connectivity index (χ1) is 7.49. The monoisotopic (exact) mass is 235 g/mol. The summed E-state index contributed by atoms with van der Waals surface area (Å²) in [5.41, 5.74) is 0.801. The molecule has 3 heteroatoms. The molecule has 0 aliphatic heterocycles. The van der Waals surface area contributed by atoms with Gasteiger partial charge in [-0.15, -0.1) is 0 Å². The number of phenols is 1. The van der Waals surface area contributed by atoms with Gasteiger partial charge in [0, 0.05) is 26.4 Å². The molecule has 1 aromatic rings. The molecule has 0 aliphatic rings. The molecule has 0 aliphatic carbocycles. The second kappa shape index (κ2) is 5.85. The first-order valence-corrected chi connectivity index (χ1v) is 9.47. The van der Waals surface area contributed by atoms with E-state index in [1.54, 1.807) is 12.3 Å². The van der Waals surface area contributed by atoms with Crippen molar-refractivity contribution in [2.24, 2.45) is 4.99 Å². The first kappa shape index (κ1) is 13.0. The van der Waals surface area contributed by atoms with Crippen molar-refractivity contribution in [1.82, 2.24) is 0 Å². The second-order valence-corrected chi connectivity index (χ2v) is 10.9. The molecule has 0 bridgehead atoms. The summed E-state index contributed by atoms with van der Waals surface area (Å²) in [6.45, 7) is 7.98. The fraction of sp³-hybridized carbons (Fsp3) is 0.462. The second-order valence-electron chi connectivity index (χ2n) is 5.26. The van der Waals surface area contributed by atoms with E-state index in [1.165, 1.54) is 6.04 Å². The average molecular weight is 235 g/mol. The Hall–Kier alpha value is -1.09. The Bertz CT molecular complexity index is 355. The summed E-state index contributed by atoms with van der Waals surface area (Å²) in [6, 6.07) is 8.59. The van der Waals surface area contributed by atoms with Crippen molar-refractivity contribution in [2.75, 3.05) is 6.54 Å². The van der Waals surface area contributed by atoms with Gasteiger partial charge < -0.3 is 5.11 Å². The zero-order valence-electron chi connectivity index (χ0n) is 10.4. The van der Waals surface area contributed by atoms with Gasteiger partial charge in [0.15, 0.2) is 0 Å². The van der Waals surface area contributed by atoms with Crippen LogP contribution in [-0.4, -0.2) is 25.9 Å². The summed E-state index contributed by atoms with van der Waals surface area (Å²) in [5.74, 6) is 0.302. The highest BCUT2D eigenvalue weighted by atomic mass is 28.3. The van der Waals surface area contributed by atoms with E-state index in [0.717, 1.165) is 18.5 Å². The number of hydrogen-bond acceptors (Lipinski definition) is 2. The van der Waals surface area contributed by atoms with Crippen LogP contribution in [0, 0.1) is 0 Å². The Morgan fingerprint density at radius 3 is 2.56 bits per heavy atom. The molecule has 0 saturated heterocycles. The molecular weight excluding hydrogens is 214 g/mol. The maximum absolute atomic E-state index is 9.51. The van der Waals surface area contributed by atoms with Crippen LogP contribution in [0.15, 0.2) is 29.3 Å².